The summed E-state index contributed by atoms with van der Waals surface area (Å²) in [6.07, 6.45) is 2.43. The van der Waals surface area contributed by atoms with Crippen LogP contribution in [-0.4, -0.2) is 30.3 Å². The molecule has 2 amide bonds. The Balaban J connectivity index is 1.78. The average molecular weight is 312 g/mol. The number of amides is 2. The highest BCUT2D eigenvalue weighted by Crippen LogP contribution is 2.29. The summed E-state index contributed by atoms with van der Waals surface area (Å²) in [7, 11) is 1.78. The van der Waals surface area contributed by atoms with Crippen molar-refractivity contribution in [3.63, 3.8) is 0 Å². The van der Waals surface area contributed by atoms with Gasteiger partial charge in [-0.05, 0) is 43.2 Å². The predicted molar refractivity (Wildman–Crippen MR) is 87.4 cm³/mol. The second-order valence-electron chi connectivity index (χ2n) is 5.93. The summed E-state index contributed by atoms with van der Waals surface area (Å²) >= 11 is 0. The molecule has 0 unspecified atom stereocenters. The summed E-state index contributed by atoms with van der Waals surface area (Å²) < 4.78 is 5.27. The Bertz CT molecular complexity index is 763. The van der Waals surface area contributed by atoms with Gasteiger partial charge in [-0.3, -0.25) is 9.59 Å². The van der Waals surface area contributed by atoms with Gasteiger partial charge in [0.2, 0.25) is 5.91 Å². The average Bonchev–Trinajstić information content (AvgIpc) is 3.12. The fourth-order valence-corrected chi connectivity index (χ4v) is 2.98. The van der Waals surface area contributed by atoms with Crippen LogP contribution in [0.2, 0.25) is 0 Å². The molecule has 0 fully saturated rings. The molecule has 0 bridgehead atoms. The zero-order valence-corrected chi connectivity index (χ0v) is 13.6. The molecule has 3 rings (SSSR count). The van der Waals surface area contributed by atoms with Crippen LogP contribution in [0.4, 0.5) is 5.69 Å². The van der Waals surface area contributed by atoms with E-state index < -0.39 is 0 Å². The fraction of sp³-hybridized carbons (Fsp3) is 0.333. The van der Waals surface area contributed by atoms with Crippen molar-refractivity contribution < 1.29 is 14.0 Å². The number of hydrogen-bond donors (Lipinski definition) is 0. The molecule has 0 aliphatic carbocycles. The van der Waals surface area contributed by atoms with E-state index in [9.17, 15) is 9.59 Å². The third-order valence-corrected chi connectivity index (χ3v) is 4.32. The van der Waals surface area contributed by atoms with Crippen molar-refractivity contribution in [3.05, 3.63) is 53.0 Å². The molecule has 1 aromatic heterocycles. The van der Waals surface area contributed by atoms with E-state index >= 15 is 0 Å². The van der Waals surface area contributed by atoms with E-state index in [0.717, 1.165) is 29.0 Å². The van der Waals surface area contributed by atoms with Gasteiger partial charge in [0.1, 0.15) is 5.76 Å². The number of hydrogen-bond acceptors (Lipinski definition) is 3. The third kappa shape index (κ3) is 2.86. The minimum atomic E-state index is -0.0327. The maximum Gasteiger partial charge on any atom is 0.253 e. The molecule has 1 aliphatic rings. The van der Waals surface area contributed by atoms with Crippen molar-refractivity contribution >= 4 is 17.5 Å². The highest BCUT2D eigenvalue weighted by molar-refractivity contribution is 5.97. The van der Waals surface area contributed by atoms with Crippen LogP contribution in [0.1, 0.15) is 34.2 Å². The van der Waals surface area contributed by atoms with Gasteiger partial charge in [0.05, 0.1) is 6.26 Å². The van der Waals surface area contributed by atoms with Gasteiger partial charge in [0, 0.05) is 43.9 Å². The molecule has 5 heteroatoms. The molecule has 0 saturated carbocycles. The lowest BCUT2D eigenvalue weighted by atomic mass is 10.1. The van der Waals surface area contributed by atoms with Crippen molar-refractivity contribution in [1.29, 1.82) is 0 Å². The summed E-state index contributed by atoms with van der Waals surface area (Å²) in [5.41, 5.74) is 3.63. The second-order valence-corrected chi connectivity index (χ2v) is 5.93. The molecule has 2 aromatic rings. The summed E-state index contributed by atoms with van der Waals surface area (Å²) in [6, 6.07) is 7.45. The number of nitrogens with zero attached hydrogens (tertiary/aromatic N) is 2. The van der Waals surface area contributed by atoms with E-state index in [2.05, 4.69) is 0 Å². The summed E-state index contributed by atoms with van der Waals surface area (Å²) in [4.78, 5) is 27.6. The third-order valence-electron chi connectivity index (χ3n) is 4.32. The van der Waals surface area contributed by atoms with Crippen LogP contribution in [0.3, 0.4) is 0 Å². The SMILES string of the molecule is CC(=O)N1CCc2cc(C(=O)N(C)Cc3ccoc3C)ccc21. The normalized spacial score (nSPS) is 13.1. The van der Waals surface area contributed by atoms with E-state index in [1.807, 2.05) is 25.1 Å². The maximum absolute atomic E-state index is 12.6. The van der Waals surface area contributed by atoms with Crippen LogP contribution in [0.25, 0.3) is 0 Å². The minimum absolute atomic E-state index is 0.0327. The Labute approximate surface area is 135 Å². The smallest absolute Gasteiger partial charge is 0.253 e. The van der Waals surface area contributed by atoms with E-state index in [-0.39, 0.29) is 11.8 Å². The van der Waals surface area contributed by atoms with Crippen LogP contribution in [-0.2, 0) is 17.8 Å². The van der Waals surface area contributed by atoms with Crippen molar-refractivity contribution in [2.75, 3.05) is 18.5 Å². The Kier molecular flexibility index (Phi) is 3.94. The van der Waals surface area contributed by atoms with Crippen molar-refractivity contribution in [2.45, 2.75) is 26.8 Å². The first-order valence-corrected chi connectivity index (χ1v) is 7.67. The van der Waals surface area contributed by atoms with Gasteiger partial charge in [-0.1, -0.05) is 0 Å². The standard InChI is InChI=1S/C18H20N2O3/c1-12-16(7-9-23-12)11-19(3)18(22)15-4-5-17-14(10-15)6-8-20(17)13(2)21/h4-5,7,9-10H,6,8,11H2,1-3H3. The van der Waals surface area contributed by atoms with Gasteiger partial charge in [0.15, 0.2) is 0 Å². The Morgan fingerprint density at radius 2 is 2.09 bits per heavy atom. The molecule has 0 atom stereocenters. The number of rotatable bonds is 3. The van der Waals surface area contributed by atoms with Crippen LogP contribution in [0, 0.1) is 6.92 Å². The first-order valence-electron chi connectivity index (χ1n) is 7.67. The molecule has 120 valence electrons. The topological polar surface area (TPSA) is 53.8 Å². The lowest BCUT2D eigenvalue weighted by molar-refractivity contribution is -0.116. The highest BCUT2D eigenvalue weighted by atomic mass is 16.3. The number of fused-ring (bicyclic) bond motifs is 1. The Hall–Kier alpha value is -2.56. The molecule has 1 aromatic carbocycles. The van der Waals surface area contributed by atoms with Crippen molar-refractivity contribution in [3.8, 4) is 0 Å². The van der Waals surface area contributed by atoms with Gasteiger partial charge >= 0.3 is 0 Å². The first-order chi connectivity index (χ1) is 11.0. The zero-order valence-electron chi connectivity index (χ0n) is 13.6. The van der Waals surface area contributed by atoms with E-state index in [0.29, 0.717) is 18.7 Å². The van der Waals surface area contributed by atoms with E-state index in [1.165, 1.54) is 0 Å². The summed E-state index contributed by atoms with van der Waals surface area (Å²) in [5.74, 6) is 0.834. The number of furan rings is 1. The Morgan fingerprint density at radius 3 is 2.74 bits per heavy atom. The number of carbonyl (C=O) groups excluding carboxylic acids is 2. The van der Waals surface area contributed by atoms with E-state index in [4.69, 9.17) is 4.42 Å². The fourth-order valence-electron chi connectivity index (χ4n) is 2.98. The largest absolute Gasteiger partial charge is 0.469 e. The van der Waals surface area contributed by atoms with Gasteiger partial charge in [-0.25, -0.2) is 0 Å². The minimum Gasteiger partial charge on any atom is -0.469 e. The number of anilines is 1. The van der Waals surface area contributed by atoms with Crippen LogP contribution >= 0.6 is 0 Å². The molecule has 0 spiro atoms. The monoisotopic (exact) mass is 312 g/mol. The van der Waals surface area contributed by atoms with Gasteiger partial charge in [0.25, 0.3) is 5.91 Å². The van der Waals surface area contributed by atoms with Crippen LogP contribution in [0.15, 0.2) is 34.9 Å². The van der Waals surface area contributed by atoms with Gasteiger partial charge in [-0.15, -0.1) is 0 Å². The van der Waals surface area contributed by atoms with E-state index in [1.54, 1.807) is 36.1 Å². The molecule has 5 nitrogen and oxygen atoms in total. The molecule has 0 saturated heterocycles. The summed E-state index contributed by atoms with van der Waals surface area (Å²) in [5, 5.41) is 0. The number of carbonyl (C=O) groups is 2. The van der Waals surface area contributed by atoms with Crippen LogP contribution < -0.4 is 4.90 Å². The number of benzene rings is 1. The predicted octanol–water partition coefficient (Wildman–Crippen LogP) is 2.77. The molecule has 0 N–H and O–H groups in total. The maximum atomic E-state index is 12.6. The van der Waals surface area contributed by atoms with Crippen molar-refractivity contribution in [1.82, 2.24) is 4.90 Å². The van der Waals surface area contributed by atoms with Crippen molar-refractivity contribution in [2.24, 2.45) is 0 Å². The molecule has 2 heterocycles. The molecule has 0 radical (unpaired) electrons. The second kappa shape index (κ2) is 5.91. The lowest BCUT2D eigenvalue weighted by Gasteiger charge is -2.18. The highest BCUT2D eigenvalue weighted by Gasteiger charge is 2.24. The van der Waals surface area contributed by atoms with Crippen LogP contribution in [0.5, 0.6) is 0 Å². The lowest BCUT2D eigenvalue weighted by Crippen LogP contribution is -2.27. The molecular weight excluding hydrogens is 292 g/mol. The molecule has 1 aliphatic heterocycles. The van der Waals surface area contributed by atoms with Gasteiger partial charge in [-0.2, -0.15) is 0 Å². The number of aryl methyl sites for hydroxylation is 1. The Morgan fingerprint density at radius 1 is 1.30 bits per heavy atom. The molecule has 23 heavy (non-hydrogen) atoms. The quantitative estimate of drug-likeness (QED) is 0.875. The summed E-state index contributed by atoms with van der Waals surface area (Å²) in [6.45, 7) is 4.65. The first kappa shape index (κ1) is 15.3. The molecular formula is C18H20N2O3. The zero-order chi connectivity index (χ0) is 16.6. The van der Waals surface area contributed by atoms with Gasteiger partial charge < -0.3 is 14.2 Å².